The number of thioether (sulfide) groups is 1. The van der Waals surface area contributed by atoms with Crippen molar-refractivity contribution < 1.29 is 4.79 Å². The van der Waals surface area contributed by atoms with E-state index in [4.69, 9.17) is 28.9 Å². The molecule has 1 heterocycles. The van der Waals surface area contributed by atoms with E-state index in [-0.39, 0.29) is 11.2 Å². The highest BCUT2D eigenvalue weighted by Crippen LogP contribution is 2.25. The number of pyridine rings is 1. The molecule has 1 unspecified atom stereocenters. The molecule has 110 valence electrons. The summed E-state index contributed by atoms with van der Waals surface area (Å²) in [5, 5.41) is 4.24. The molecule has 1 atom stereocenters. The highest BCUT2D eigenvalue weighted by atomic mass is 35.5. The SMILES string of the molecule is CC(Sc1ccc(Cl)cn1)C(=O)Nc1ccc(Cl)c(N)c1. The predicted octanol–water partition coefficient (Wildman–Crippen LogP) is 4.09. The third-order valence-electron chi connectivity index (χ3n) is 2.63. The fraction of sp³-hybridized carbons (Fsp3) is 0.143. The van der Waals surface area contributed by atoms with Crippen LogP contribution in [0.15, 0.2) is 41.6 Å². The lowest BCUT2D eigenvalue weighted by molar-refractivity contribution is -0.115. The molecule has 1 aromatic heterocycles. The minimum Gasteiger partial charge on any atom is -0.397 e. The van der Waals surface area contributed by atoms with E-state index >= 15 is 0 Å². The Morgan fingerprint density at radius 3 is 2.71 bits per heavy atom. The second-order valence-corrected chi connectivity index (χ2v) is 6.50. The van der Waals surface area contributed by atoms with Gasteiger partial charge in [0.05, 0.1) is 26.0 Å². The molecule has 0 saturated carbocycles. The van der Waals surface area contributed by atoms with Gasteiger partial charge in [-0.1, -0.05) is 35.0 Å². The third kappa shape index (κ3) is 4.52. The second kappa shape index (κ2) is 7.02. The summed E-state index contributed by atoms with van der Waals surface area (Å²) in [4.78, 5) is 16.3. The second-order valence-electron chi connectivity index (χ2n) is 4.30. The molecule has 0 bridgehead atoms. The van der Waals surface area contributed by atoms with E-state index in [0.717, 1.165) is 5.03 Å². The highest BCUT2D eigenvalue weighted by molar-refractivity contribution is 8.00. The standard InChI is InChI=1S/C14H13Cl2N3OS/c1-8(21-13-5-2-9(15)7-18-13)14(20)19-10-3-4-11(16)12(17)6-10/h2-8H,17H2,1H3,(H,19,20). The van der Waals surface area contributed by atoms with E-state index in [2.05, 4.69) is 10.3 Å². The number of anilines is 2. The maximum atomic E-state index is 12.1. The summed E-state index contributed by atoms with van der Waals surface area (Å²) in [6, 6.07) is 8.48. The summed E-state index contributed by atoms with van der Waals surface area (Å²) < 4.78 is 0. The molecular weight excluding hydrogens is 329 g/mol. The molecular formula is C14H13Cl2N3OS. The number of amides is 1. The van der Waals surface area contributed by atoms with Crippen molar-refractivity contribution >= 4 is 52.2 Å². The number of carbonyl (C=O) groups is 1. The summed E-state index contributed by atoms with van der Waals surface area (Å²) in [6.45, 7) is 1.80. The number of aromatic nitrogens is 1. The smallest absolute Gasteiger partial charge is 0.237 e. The van der Waals surface area contributed by atoms with Crippen LogP contribution in [0.1, 0.15) is 6.92 Å². The zero-order chi connectivity index (χ0) is 15.4. The number of rotatable bonds is 4. The molecule has 7 heteroatoms. The van der Waals surface area contributed by atoms with Gasteiger partial charge in [0.2, 0.25) is 5.91 Å². The van der Waals surface area contributed by atoms with Crippen molar-refractivity contribution in [3.8, 4) is 0 Å². The topological polar surface area (TPSA) is 68.0 Å². The quantitative estimate of drug-likeness (QED) is 0.649. The summed E-state index contributed by atoms with van der Waals surface area (Å²) in [5.74, 6) is -0.140. The van der Waals surface area contributed by atoms with Gasteiger partial charge in [-0.2, -0.15) is 0 Å². The lowest BCUT2D eigenvalue weighted by Crippen LogP contribution is -2.22. The normalized spacial score (nSPS) is 12.0. The maximum Gasteiger partial charge on any atom is 0.237 e. The summed E-state index contributed by atoms with van der Waals surface area (Å²) in [5.41, 5.74) is 6.73. The summed E-state index contributed by atoms with van der Waals surface area (Å²) >= 11 is 13.0. The van der Waals surface area contributed by atoms with Crippen molar-refractivity contribution in [1.82, 2.24) is 4.98 Å². The fourth-order valence-corrected chi connectivity index (χ4v) is 2.55. The van der Waals surface area contributed by atoms with Crippen LogP contribution >= 0.6 is 35.0 Å². The molecule has 2 rings (SSSR count). The van der Waals surface area contributed by atoms with Crippen LogP contribution < -0.4 is 11.1 Å². The van der Waals surface area contributed by atoms with Gasteiger partial charge >= 0.3 is 0 Å². The van der Waals surface area contributed by atoms with Gasteiger partial charge < -0.3 is 11.1 Å². The molecule has 1 aromatic carbocycles. The molecule has 4 nitrogen and oxygen atoms in total. The Hall–Kier alpha value is -1.43. The van der Waals surface area contributed by atoms with Gasteiger partial charge in [-0.05, 0) is 37.3 Å². The van der Waals surface area contributed by atoms with Crippen molar-refractivity contribution in [2.24, 2.45) is 0 Å². The van der Waals surface area contributed by atoms with Gasteiger partial charge in [0.1, 0.15) is 0 Å². The molecule has 2 aromatic rings. The van der Waals surface area contributed by atoms with Gasteiger partial charge in [0.25, 0.3) is 0 Å². The first-order chi connectivity index (χ1) is 9.95. The first-order valence-electron chi connectivity index (χ1n) is 6.10. The molecule has 0 spiro atoms. The average Bonchev–Trinajstić information content (AvgIpc) is 2.45. The molecule has 0 fully saturated rings. The Balaban J connectivity index is 1.98. The van der Waals surface area contributed by atoms with Gasteiger partial charge in [0.15, 0.2) is 0 Å². The van der Waals surface area contributed by atoms with Crippen LogP contribution in [-0.4, -0.2) is 16.1 Å². The largest absolute Gasteiger partial charge is 0.397 e. The van der Waals surface area contributed by atoms with Crippen molar-refractivity contribution in [3.05, 3.63) is 46.6 Å². The van der Waals surface area contributed by atoms with Crippen molar-refractivity contribution in [3.63, 3.8) is 0 Å². The first kappa shape index (κ1) is 15.9. The molecule has 3 N–H and O–H groups in total. The molecule has 0 aliphatic carbocycles. The van der Waals surface area contributed by atoms with Crippen LogP contribution in [0.5, 0.6) is 0 Å². The predicted molar refractivity (Wildman–Crippen MR) is 89.1 cm³/mol. The molecule has 0 radical (unpaired) electrons. The highest BCUT2D eigenvalue weighted by Gasteiger charge is 2.15. The van der Waals surface area contributed by atoms with E-state index in [9.17, 15) is 4.79 Å². The lowest BCUT2D eigenvalue weighted by atomic mass is 10.2. The molecule has 0 aliphatic rings. The maximum absolute atomic E-state index is 12.1. The first-order valence-corrected chi connectivity index (χ1v) is 7.73. The Bertz CT molecular complexity index is 649. The number of hydrogen-bond donors (Lipinski definition) is 2. The van der Waals surface area contributed by atoms with E-state index < -0.39 is 0 Å². The van der Waals surface area contributed by atoms with Gasteiger partial charge in [0, 0.05) is 11.9 Å². The number of carbonyl (C=O) groups excluding carboxylic acids is 1. The molecule has 1 amide bonds. The van der Waals surface area contributed by atoms with E-state index in [0.29, 0.717) is 21.4 Å². The van der Waals surface area contributed by atoms with Crippen LogP contribution in [0.25, 0.3) is 0 Å². The monoisotopic (exact) mass is 341 g/mol. The number of nitrogen functional groups attached to an aromatic ring is 1. The number of halogens is 2. The van der Waals surface area contributed by atoms with Crippen LogP contribution in [-0.2, 0) is 4.79 Å². The average molecular weight is 342 g/mol. The minimum atomic E-state index is -0.310. The van der Waals surface area contributed by atoms with Crippen LogP contribution in [0.4, 0.5) is 11.4 Å². The molecule has 21 heavy (non-hydrogen) atoms. The number of nitrogens with two attached hydrogens (primary N) is 1. The van der Waals surface area contributed by atoms with Gasteiger partial charge in [-0.15, -0.1) is 0 Å². The zero-order valence-corrected chi connectivity index (χ0v) is 13.5. The lowest BCUT2D eigenvalue weighted by Gasteiger charge is -2.12. The van der Waals surface area contributed by atoms with E-state index in [1.807, 2.05) is 0 Å². The van der Waals surface area contributed by atoms with Gasteiger partial charge in [-0.25, -0.2) is 4.98 Å². The van der Waals surface area contributed by atoms with Crippen LogP contribution in [0.2, 0.25) is 10.0 Å². The molecule has 0 aliphatic heterocycles. The van der Waals surface area contributed by atoms with Crippen molar-refractivity contribution in [2.45, 2.75) is 17.2 Å². The Labute approximate surface area is 137 Å². The number of benzene rings is 1. The number of hydrogen-bond acceptors (Lipinski definition) is 4. The summed E-state index contributed by atoms with van der Waals surface area (Å²) in [7, 11) is 0. The zero-order valence-electron chi connectivity index (χ0n) is 11.1. The molecule has 0 saturated heterocycles. The van der Waals surface area contributed by atoms with Gasteiger partial charge in [-0.3, -0.25) is 4.79 Å². The minimum absolute atomic E-state index is 0.140. The number of nitrogens with zero attached hydrogens (tertiary/aromatic N) is 1. The van der Waals surface area contributed by atoms with Crippen LogP contribution in [0, 0.1) is 0 Å². The van der Waals surface area contributed by atoms with E-state index in [1.54, 1.807) is 43.5 Å². The van der Waals surface area contributed by atoms with Crippen molar-refractivity contribution in [2.75, 3.05) is 11.1 Å². The third-order valence-corrected chi connectivity index (χ3v) is 4.25. The summed E-state index contributed by atoms with van der Waals surface area (Å²) in [6.07, 6.45) is 1.55. The Morgan fingerprint density at radius 2 is 2.10 bits per heavy atom. The van der Waals surface area contributed by atoms with E-state index in [1.165, 1.54) is 11.8 Å². The van der Waals surface area contributed by atoms with Crippen LogP contribution in [0.3, 0.4) is 0 Å². The number of nitrogens with one attached hydrogen (secondary N) is 1. The Morgan fingerprint density at radius 1 is 1.33 bits per heavy atom. The fourth-order valence-electron chi connectivity index (χ4n) is 1.53. The Kier molecular flexibility index (Phi) is 5.33. The van der Waals surface area contributed by atoms with Crippen molar-refractivity contribution in [1.29, 1.82) is 0 Å².